The highest BCUT2D eigenvalue weighted by Gasteiger charge is 2.45. The summed E-state index contributed by atoms with van der Waals surface area (Å²) in [6.07, 6.45) is 0. The van der Waals surface area contributed by atoms with Gasteiger partial charge in [0.1, 0.15) is 0 Å². The van der Waals surface area contributed by atoms with Crippen molar-refractivity contribution < 1.29 is 0 Å². The number of hydrogen-bond acceptors (Lipinski definition) is 2. The van der Waals surface area contributed by atoms with E-state index in [9.17, 15) is 0 Å². The van der Waals surface area contributed by atoms with E-state index in [4.69, 9.17) is 0 Å². The van der Waals surface area contributed by atoms with Crippen LogP contribution in [-0.2, 0) is 21.7 Å². The van der Waals surface area contributed by atoms with Gasteiger partial charge >= 0.3 is 0 Å². The number of fused-ring (bicyclic) bond motifs is 6. The van der Waals surface area contributed by atoms with E-state index < -0.39 is 0 Å². The van der Waals surface area contributed by atoms with Crippen LogP contribution in [0, 0.1) is 6.92 Å². The van der Waals surface area contributed by atoms with Crippen molar-refractivity contribution in [2.75, 3.05) is 9.80 Å². The molecule has 58 heavy (non-hydrogen) atoms. The van der Waals surface area contributed by atoms with Gasteiger partial charge in [-0.15, -0.1) is 0 Å². The van der Waals surface area contributed by atoms with Crippen molar-refractivity contribution in [1.29, 1.82) is 0 Å². The Balaban J connectivity index is 1.46. The van der Waals surface area contributed by atoms with E-state index in [1.807, 2.05) is 0 Å². The number of hydrogen-bond donors (Lipinski definition) is 0. The van der Waals surface area contributed by atoms with Crippen LogP contribution in [0.2, 0.25) is 0 Å². The molecule has 0 saturated carbocycles. The summed E-state index contributed by atoms with van der Waals surface area (Å²) in [5.74, 6) is 0. The minimum absolute atomic E-state index is 0.0146. The topological polar surface area (TPSA) is 6.48 Å². The number of rotatable bonds is 2. The fourth-order valence-electron chi connectivity index (χ4n) is 9.62. The molecule has 0 unspecified atom stereocenters. The Hall–Kier alpha value is -5.28. The maximum absolute atomic E-state index is 2.64. The molecule has 2 aliphatic heterocycles. The van der Waals surface area contributed by atoms with Crippen LogP contribution in [0.5, 0.6) is 0 Å². The first-order valence-corrected chi connectivity index (χ1v) is 21.3. The van der Waals surface area contributed by atoms with Gasteiger partial charge < -0.3 is 9.80 Å². The average molecular weight is 759 g/mol. The van der Waals surface area contributed by atoms with Crippen molar-refractivity contribution >= 4 is 78.8 Å². The Morgan fingerprint density at radius 2 is 0.724 bits per heavy atom. The highest BCUT2D eigenvalue weighted by atomic mass is 15.2. The largest absolute Gasteiger partial charge is 0.311 e. The lowest BCUT2D eigenvalue weighted by Crippen LogP contribution is -2.62. The zero-order valence-corrected chi connectivity index (χ0v) is 37.0. The molecule has 2 aliphatic rings. The van der Waals surface area contributed by atoms with Crippen molar-refractivity contribution in [3.8, 4) is 0 Å². The molecule has 0 saturated heterocycles. The minimum Gasteiger partial charge on any atom is -0.311 e. The van der Waals surface area contributed by atoms with E-state index in [0.717, 1.165) is 0 Å². The van der Waals surface area contributed by atoms with Crippen molar-refractivity contribution in [2.24, 2.45) is 0 Å². The average Bonchev–Trinajstić information content (AvgIpc) is 3.14. The Morgan fingerprint density at radius 1 is 0.362 bits per heavy atom. The quantitative estimate of drug-likeness (QED) is 0.162. The molecule has 2 heterocycles. The summed E-state index contributed by atoms with van der Waals surface area (Å²) in [6.45, 7) is 30.6. The molecule has 3 heteroatoms. The summed E-state index contributed by atoms with van der Waals surface area (Å²) in [6, 6.07) is 47.2. The van der Waals surface area contributed by atoms with E-state index >= 15 is 0 Å². The maximum Gasteiger partial charge on any atom is 0.252 e. The Kier molecular flexibility index (Phi) is 8.48. The van der Waals surface area contributed by atoms with E-state index in [0.29, 0.717) is 0 Å². The van der Waals surface area contributed by atoms with E-state index in [2.05, 4.69) is 221 Å². The molecule has 0 aliphatic carbocycles. The summed E-state index contributed by atoms with van der Waals surface area (Å²) >= 11 is 0. The highest BCUT2D eigenvalue weighted by molar-refractivity contribution is 7.00. The molecule has 0 aromatic heterocycles. The van der Waals surface area contributed by atoms with Gasteiger partial charge in [0.15, 0.2) is 0 Å². The van der Waals surface area contributed by atoms with Crippen LogP contribution in [0.1, 0.15) is 111 Å². The molecule has 0 atom stereocenters. The summed E-state index contributed by atoms with van der Waals surface area (Å²) in [4.78, 5) is 5.28. The number of nitrogens with zero attached hydrogens (tertiary/aromatic N) is 2. The van der Waals surface area contributed by atoms with Gasteiger partial charge in [0, 0.05) is 22.7 Å². The van der Waals surface area contributed by atoms with E-state index in [-0.39, 0.29) is 28.4 Å². The summed E-state index contributed by atoms with van der Waals surface area (Å²) < 4.78 is 0. The molecule has 0 spiro atoms. The third-order valence-electron chi connectivity index (χ3n) is 12.8. The molecular weight excluding hydrogens is 699 g/mol. The molecule has 2 nitrogen and oxygen atoms in total. The van der Waals surface area contributed by atoms with Crippen molar-refractivity contribution in [3.05, 3.63) is 149 Å². The molecule has 0 radical (unpaired) electrons. The van der Waals surface area contributed by atoms with Gasteiger partial charge in [0.05, 0.1) is 11.4 Å². The second-order valence-corrected chi connectivity index (χ2v) is 21.3. The van der Waals surface area contributed by atoms with Gasteiger partial charge in [-0.25, -0.2) is 0 Å². The fraction of sp³-hybridized carbons (Fsp3) is 0.309. The predicted octanol–water partition coefficient (Wildman–Crippen LogP) is 13.6. The van der Waals surface area contributed by atoms with Gasteiger partial charge in [0.25, 0.3) is 6.71 Å². The normalized spacial score (nSPS) is 14.2. The molecule has 0 N–H and O–H groups in total. The van der Waals surface area contributed by atoms with Gasteiger partial charge in [-0.05, 0) is 143 Å². The van der Waals surface area contributed by atoms with Crippen molar-refractivity contribution in [1.82, 2.24) is 0 Å². The lowest BCUT2D eigenvalue weighted by Gasteiger charge is -2.46. The zero-order chi connectivity index (χ0) is 41.3. The second kappa shape index (κ2) is 12.9. The van der Waals surface area contributed by atoms with Gasteiger partial charge in [-0.3, -0.25) is 0 Å². The van der Waals surface area contributed by atoms with Crippen molar-refractivity contribution in [2.45, 2.75) is 112 Å². The van der Waals surface area contributed by atoms with Crippen LogP contribution in [0.15, 0.2) is 121 Å². The number of anilines is 6. The highest BCUT2D eigenvalue weighted by Crippen LogP contribution is 2.50. The van der Waals surface area contributed by atoms with E-state index in [1.54, 1.807) is 0 Å². The van der Waals surface area contributed by atoms with Crippen LogP contribution in [-0.4, -0.2) is 6.71 Å². The lowest BCUT2D eigenvalue weighted by atomic mass is 9.33. The number of aryl methyl sites for hydroxylation is 1. The predicted molar refractivity (Wildman–Crippen MR) is 255 cm³/mol. The third kappa shape index (κ3) is 6.16. The zero-order valence-electron chi connectivity index (χ0n) is 37.0. The molecule has 292 valence electrons. The fourth-order valence-corrected chi connectivity index (χ4v) is 9.62. The maximum atomic E-state index is 2.64. The second-order valence-electron chi connectivity index (χ2n) is 21.3. The number of benzene rings is 7. The van der Waals surface area contributed by atoms with Gasteiger partial charge in [0.2, 0.25) is 0 Å². The first-order valence-electron chi connectivity index (χ1n) is 21.3. The standard InChI is InChI=1S/C55H59BN2/c1-34-26-49-51-50(27-34)58(48-31-38-21-17-15-19-36(38)29-42(48)55(11,12)13)46-25-23-40(53(5,6)7)33-44(46)56(51)43-32-39(52(2,3)4)22-24-45(43)57(49)47-30-37-20-16-14-18-35(37)28-41(47)54(8,9)10/h14-33H,1-13H3. The molecule has 0 fully saturated rings. The molecule has 7 aromatic rings. The first kappa shape index (κ1) is 38.3. The summed E-state index contributed by atoms with van der Waals surface area (Å²) in [5.41, 5.74) is 18.1. The summed E-state index contributed by atoms with van der Waals surface area (Å²) in [7, 11) is 0. The third-order valence-corrected chi connectivity index (χ3v) is 12.8. The monoisotopic (exact) mass is 758 g/mol. The molecule has 7 aromatic carbocycles. The molecule has 9 rings (SSSR count). The SMILES string of the molecule is Cc1cc2c3c(c1)N(c1cc4ccccc4cc1C(C)(C)C)c1ccc(C(C)(C)C)cc1B3c1cc(C(C)(C)C)ccc1N2c1cc2ccccc2cc1C(C)(C)C. The molecule has 0 amide bonds. The van der Waals surface area contributed by atoms with Gasteiger partial charge in [-0.1, -0.05) is 156 Å². The van der Waals surface area contributed by atoms with Gasteiger partial charge in [-0.2, -0.15) is 0 Å². The van der Waals surface area contributed by atoms with E-state index in [1.165, 1.54) is 99.9 Å². The van der Waals surface area contributed by atoms with Crippen LogP contribution < -0.4 is 26.2 Å². The Morgan fingerprint density at radius 3 is 1.07 bits per heavy atom. The Bertz CT molecular complexity index is 2610. The van der Waals surface area contributed by atoms with Crippen LogP contribution >= 0.6 is 0 Å². The molecular formula is C55H59BN2. The summed E-state index contributed by atoms with van der Waals surface area (Å²) in [5, 5.41) is 5.08. The van der Waals surface area contributed by atoms with Crippen LogP contribution in [0.25, 0.3) is 21.5 Å². The smallest absolute Gasteiger partial charge is 0.252 e. The van der Waals surface area contributed by atoms with Crippen LogP contribution in [0.3, 0.4) is 0 Å². The Labute approximate surface area is 348 Å². The van der Waals surface area contributed by atoms with Crippen molar-refractivity contribution in [3.63, 3.8) is 0 Å². The first-order chi connectivity index (χ1) is 27.2. The van der Waals surface area contributed by atoms with Crippen LogP contribution in [0.4, 0.5) is 34.1 Å². The lowest BCUT2D eigenvalue weighted by molar-refractivity contribution is 0.590. The molecule has 0 bridgehead atoms. The minimum atomic E-state index is -0.0986.